The highest BCUT2D eigenvalue weighted by Gasteiger charge is 2.12. The second-order valence-corrected chi connectivity index (χ2v) is 4.67. The van der Waals surface area contributed by atoms with E-state index in [1.54, 1.807) is 12.1 Å². The Morgan fingerprint density at radius 3 is 2.35 bits per heavy atom. The molecule has 0 aliphatic heterocycles. The third kappa shape index (κ3) is 2.61. The van der Waals surface area contributed by atoms with Crippen LogP contribution >= 0.6 is 15.9 Å². The third-order valence-electron chi connectivity index (χ3n) is 2.49. The normalized spacial score (nSPS) is 10.3. The van der Waals surface area contributed by atoms with Gasteiger partial charge in [0.05, 0.1) is 0 Å². The predicted octanol–water partition coefficient (Wildman–Crippen LogP) is 4.13. The topological polar surface area (TPSA) is 17.1 Å². The summed E-state index contributed by atoms with van der Waals surface area (Å²) in [5, 5.41) is 0. The molecule has 2 aromatic rings. The van der Waals surface area contributed by atoms with Crippen molar-refractivity contribution in [2.75, 3.05) is 0 Å². The number of hydrogen-bond donors (Lipinski definition) is 0. The van der Waals surface area contributed by atoms with E-state index in [0.29, 0.717) is 15.6 Å². The van der Waals surface area contributed by atoms with Gasteiger partial charge >= 0.3 is 0 Å². The number of carbonyl (C=O) groups is 1. The molecule has 0 spiro atoms. The molecule has 0 bridgehead atoms. The Kier molecular flexibility index (Phi) is 3.38. The minimum Gasteiger partial charge on any atom is -0.289 e. The van der Waals surface area contributed by atoms with E-state index in [0.717, 1.165) is 5.56 Å². The quantitative estimate of drug-likeness (QED) is 0.761. The number of benzene rings is 2. The van der Waals surface area contributed by atoms with Gasteiger partial charge in [-0.2, -0.15) is 0 Å². The van der Waals surface area contributed by atoms with E-state index < -0.39 is 0 Å². The first-order valence-electron chi connectivity index (χ1n) is 5.14. The molecule has 0 aromatic heterocycles. The maximum Gasteiger partial charge on any atom is 0.194 e. The van der Waals surface area contributed by atoms with Crippen LogP contribution in [0.4, 0.5) is 4.39 Å². The van der Waals surface area contributed by atoms with Gasteiger partial charge in [-0.3, -0.25) is 4.79 Å². The van der Waals surface area contributed by atoms with Crippen molar-refractivity contribution in [1.82, 2.24) is 0 Å². The van der Waals surface area contributed by atoms with Crippen LogP contribution in [0, 0.1) is 12.7 Å². The summed E-state index contributed by atoms with van der Waals surface area (Å²) in [6.45, 7) is 1.96. The Morgan fingerprint density at radius 1 is 1.12 bits per heavy atom. The zero-order valence-corrected chi connectivity index (χ0v) is 10.8. The summed E-state index contributed by atoms with van der Waals surface area (Å²) in [5.74, 6) is -0.478. The molecule has 0 amide bonds. The van der Waals surface area contributed by atoms with Crippen LogP contribution in [-0.2, 0) is 0 Å². The largest absolute Gasteiger partial charge is 0.289 e. The van der Waals surface area contributed by atoms with Crippen molar-refractivity contribution in [3.8, 4) is 0 Å². The van der Waals surface area contributed by atoms with Gasteiger partial charge in [-0.1, -0.05) is 29.8 Å². The van der Waals surface area contributed by atoms with E-state index in [4.69, 9.17) is 0 Å². The van der Waals surface area contributed by atoms with Crippen molar-refractivity contribution in [3.05, 3.63) is 69.4 Å². The molecule has 0 saturated heterocycles. The van der Waals surface area contributed by atoms with E-state index in [2.05, 4.69) is 15.9 Å². The second-order valence-electron chi connectivity index (χ2n) is 3.82. The fourth-order valence-corrected chi connectivity index (χ4v) is 2.06. The molecule has 3 heteroatoms. The maximum atomic E-state index is 12.9. The molecule has 0 atom stereocenters. The first-order chi connectivity index (χ1) is 8.08. The Balaban J connectivity index is 2.40. The van der Waals surface area contributed by atoms with Crippen molar-refractivity contribution < 1.29 is 9.18 Å². The Morgan fingerprint density at radius 2 is 1.76 bits per heavy atom. The Bertz CT molecular complexity index is 561. The minimum atomic E-state index is -0.364. The monoisotopic (exact) mass is 292 g/mol. The van der Waals surface area contributed by atoms with E-state index in [1.165, 1.54) is 18.2 Å². The molecule has 0 unspecified atom stereocenters. The van der Waals surface area contributed by atoms with Gasteiger partial charge in [0.15, 0.2) is 5.78 Å². The van der Waals surface area contributed by atoms with E-state index >= 15 is 0 Å². The lowest BCUT2D eigenvalue weighted by molar-refractivity contribution is 0.103. The lowest BCUT2D eigenvalue weighted by Gasteiger charge is -2.04. The van der Waals surface area contributed by atoms with Gasteiger partial charge in [0, 0.05) is 15.6 Å². The van der Waals surface area contributed by atoms with Crippen LogP contribution in [0.25, 0.3) is 0 Å². The van der Waals surface area contributed by atoms with Gasteiger partial charge < -0.3 is 0 Å². The molecule has 2 aromatic carbocycles. The van der Waals surface area contributed by atoms with Gasteiger partial charge in [-0.15, -0.1) is 0 Å². The molecule has 0 aliphatic carbocycles. The molecule has 0 N–H and O–H groups in total. The summed E-state index contributed by atoms with van der Waals surface area (Å²) in [7, 11) is 0. The molecular weight excluding hydrogens is 283 g/mol. The average Bonchev–Trinajstić information content (AvgIpc) is 2.29. The highest BCUT2D eigenvalue weighted by molar-refractivity contribution is 9.10. The average molecular weight is 293 g/mol. The van der Waals surface area contributed by atoms with Crippen molar-refractivity contribution >= 4 is 21.7 Å². The summed E-state index contributed by atoms with van der Waals surface area (Å²) in [6, 6.07) is 11.4. The highest BCUT2D eigenvalue weighted by atomic mass is 79.9. The van der Waals surface area contributed by atoms with Crippen molar-refractivity contribution in [1.29, 1.82) is 0 Å². The first kappa shape index (κ1) is 12.0. The number of rotatable bonds is 2. The summed E-state index contributed by atoms with van der Waals surface area (Å²) in [5.41, 5.74) is 2.16. The summed E-state index contributed by atoms with van der Waals surface area (Å²) >= 11 is 3.20. The van der Waals surface area contributed by atoms with Crippen LogP contribution in [0.2, 0.25) is 0 Å². The fraction of sp³-hybridized carbons (Fsp3) is 0.0714. The van der Waals surface area contributed by atoms with Crippen LogP contribution in [0.3, 0.4) is 0 Å². The van der Waals surface area contributed by atoms with Crippen molar-refractivity contribution in [2.45, 2.75) is 6.92 Å². The van der Waals surface area contributed by atoms with Crippen LogP contribution < -0.4 is 0 Å². The number of hydrogen-bond acceptors (Lipinski definition) is 1. The number of carbonyl (C=O) groups excluding carboxylic acids is 1. The molecule has 1 nitrogen and oxygen atoms in total. The first-order valence-corrected chi connectivity index (χ1v) is 5.93. The highest BCUT2D eigenvalue weighted by Crippen LogP contribution is 2.21. The van der Waals surface area contributed by atoms with Crippen LogP contribution in [0.15, 0.2) is 46.9 Å². The standard InChI is InChI=1S/C14H10BrFO/c1-9-2-4-10(5-3-9)14(17)12-7-6-11(16)8-13(12)15/h2-8H,1H3. The number of halogens is 2. The lowest BCUT2D eigenvalue weighted by Crippen LogP contribution is -2.02. The lowest BCUT2D eigenvalue weighted by atomic mass is 10.0. The van der Waals surface area contributed by atoms with E-state index in [-0.39, 0.29) is 11.6 Å². The second kappa shape index (κ2) is 4.80. The van der Waals surface area contributed by atoms with Crippen LogP contribution in [0.5, 0.6) is 0 Å². The SMILES string of the molecule is Cc1ccc(C(=O)c2ccc(F)cc2Br)cc1. The Hall–Kier alpha value is -1.48. The zero-order chi connectivity index (χ0) is 12.4. The fourth-order valence-electron chi connectivity index (χ4n) is 1.53. The van der Waals surface area contributed by atoms with Crippen molar-refractivity contribution in [3.63, 3.8) is 0 Å². The smallest absolute Gasteiger partial charge is 0.194 e. The Labute approximate surface area is 107 Å². The predicted molar refractivity (Wildman–Crippen MR) is 68.7 cm³/mol. The van der Waals surface area contributed by atoms with Gasteiger partial charge in [-0.25, -0.2) is 4.39 Å². The summed E-state index contributed by atoms with van der Waals surface area (Å²) in [6.07, 6.45) is 0. The summed E-state index contributed by atoms with van der Waals surface area (Å²) in [4.78, 5) is 12.1. The number of aryl methyl sites for hydroxylation is 1. The van der Waals surface area contributed by atoms with Crippen molar-refractivity contribution in [2.24, 2.45) is 0 Å². The van der Waals surface area contributed by atoms with Gasteiger partial charge in [0.25, 0.3) is 0 Å². The zero-order valence-electron chi connectivity index (χ0n) is 9.21. The molecular formula is C14H10BrFO. The summed E-state index contributed by atoms with van der Waals surface area (Å²) < 4.78 is 13.4. The van der Waals surface area contributed by atoms with E-state index in [1.807, 2.05) is 19.1 Å². The molecule has 0 saturated carbocycles. The maximum absolute atomic E-state index is 12.9. The molecule has 86 valence electrons. The van der Waals surface area contributed by atoms with Crippen LogP contribution in [0.1, 0.15) is 21.5 Å². The molecule has 0 fully saturated rings. The van der Waals surface area contributed by atoms with Gasteiger partial charge in [-0.05, 0) is 41.1 Å². The van der Waals surface area contributed by atoms with E-state index in [9.17, 15) is 9.18 Å². The molecule has 0 aliphatic rings. The molecule has 17 heavy (non-hydrogen) atoms. The number of ketones is 1. The minimum absolute atomic E-state index is 0.114. The van der Waals surface area contributed by atoms with Gasteiger partial charge in [0.1, 0.15) is 5.82 Å². The third-order valence-corrected chi connectivity index (χ3v) is 3.15. The molecule has 0 heterocycles. The molecule has 0 radical (unpaired) electrons. The van der Waals surface area contributed by atoms with Gasteiger partial charge in [0.2, 0.25) is 0 Å². The molecule has 2 rings (SSSR count). The van der Waals surface area contributed by atoms with Crippen LogP contribution in [-0.4, -0.2) is 5.78 Å².